The van der Waals surface area contributed by atoms with Crippen molar-refractivity contribution in [1.29, 1.82) is 0 Å². The third-order valence-corrected chi connectivity index (χ3v) is 7.95. The van der Waals surface area contributed by atoms with Gasteiger partial charge in [0.25, 0.3) is 0 Å². The molecule has 1 fully saturated rings. The number of rotatable bonds is 6. The largest absolute Gasteiger partial charge is 0.340 e. The zero-order chi connectivity index (χ0) is 23.4. The van der Waals surface area contributed by atoms with Gasteiger partial charge in [-0.1, -0.05) is 30.3 Å². The van der Waals surface area contributed by atoms with Gasteiger partial charge >= 0.3 is 0 Å². The molecule has 2 heterocycles. The zero-order valence-corrected chi connectivity index (χ0v) is 19.8. The highest BCUT2D eigenvalue weighted by atomic mass is 32.2. The molecule has 0 radical (unpaired) electrons. The number of hydrogen-bond donors (Lipinski definition) is 0. The highest BCUT2D eigenvalue weighted by molar-refractivity contribution is 7.92. The average molecular weight is 486 g/mol. The lowest BCUT2D eigenvalue weighted by Crippen LogP contribution is -2.50. The molecular formula is C24H24FN3O3S2. The number of nitrogens with zero attached hydrogens (tertiary/aromatic N) is 3. The highest BCUT2D eigenvalue weighted by Crippen LogP contribution is 2.29. The number of amides is 1. The van der Waals surface area contributed by atoms with Crippen LogP contribution >= 0.6 is 11.3 Å². The summed E-state index contributed by atoms with van der Waals surface area (Å²) >= 11 is 1.45. The van der Waals surface area contributed by atoms with E-state index < -0.39 is 10.0 Å². The second-order valence-corrected chi connectivity index (χ2v) is 10.8. The van der Waals surface area contributed by atoms with Gasteiger partial charge in [-0.3, -0.25) is 4.79 Å². The molecule has 0 N–H and O–H groups in total. The van der Waals surface area contributed by atoms with E-state index >= 15 is 0 Å². The van der Waals surface area contributed by atoms with Crippen LogP contribution in [0.2, 0.25) is 0 Å². The van der Waals surface area contributed by atoms with Crippen molar-refractivity contribution in [3.8, 4) is 11.3 Å². The Morgan fingerprint density at radius 2 is 1.73 bits per heavy atom. The third kappa shape index (κ3) is 5.73. The predicted molar refractivity (Wildman–Crippen MR) is 128 cm³/mol. The highest BCUT2D eigenvalue weighted by Gasteiger charge is 2.28. The quantitative estimate of drug-likeness (QED) is 0.530. The molecule has 0 saturated carbocycles. The average Bonchev–Trinajstić information content (AvgIpc) is 3.19. The summed E-state index contributed by atoms with van der Waals surface area (Å²) in [6.45, 7) is 3.04. The number of carbonyl (C=O) groups is 1. The van der Waals surface area contributed by atoms with Crippen LogP contribution in [0.3, 0.4) is 0 Å². The molecule has 0 bridgehead atoms. The van der Waals surface area contributed by atoms with Gasteiger partial charge in [-0.2, -0.15) is 4.31 Å². The Morgan fingerprint density at radius 1 is 1.06 bits per heavy atom. The Morgan fingerprint density at radius 3 is 2.39 bits per heavy atom. The van der Waals surface area contributed by atoms with Crippen molar-refractivity contribution in [1.82, 2.24) is 14.2 Å². The van der Waals surface area contributed by atoms with Crippen LogP contribution in [0.15, 0.2) is 60.0 Å². The summed E-state index contributed by atoms with van der Waals surface area (Å²) in [5.41, 5.74) is 2.27. The first-order valence-corrected chi connectivity index (χ1v) is 12.9. The van der Waals surface area contributed by atoms with Gasteiger partial charge in [0.2, 0.25) is 15.9 Å². The Kier molecular flexibility index (Phi) is 7.02. The molecular weight excluding hydrogens is 461 g/mol. The topological polar surface area (TPSA) is 70.6 Å². The van der Waals surface area contributed by atoms with Crippen LogP contribution in [0.4, 0.5) is 4.39 Å². The first-order valence-electron chi connectivity index (χ1n) is 10.5. The fourth-order valence-corrected chi connectivity index (χ4v) is 5.80. The molecule has 172 valence electrons. The Labute approximate surface area is 197 Å². The summed E-state index contributed by atoms with van der Waals surface area (Å²) in [6.07, 6.45) is 1.76. The molecule has 1 amide bonds. The van der Waals surface area contributed by atoms with Gasteiger partial charge in [0.1, 0.15) is 5.82 Å². The fourth-order valence-electron chi connectivity index (χ4n) is 3.68. The van der Waals surface area contributed by atoms with E-state index in [0.717, 1.165) is 21.0 Å². The summed E-state index contributed by atoms with van der Waals surface area (Å²) in [5.74, 6) is -0.395. The lowest BCUT2D eigenvalue weighted by molar-refractivity contribution is -0.131. The summed E-state index contributed by atoms with van der Waals surface area (Å²) < 4.78 is 40.0. The number of aryl methyl sites for hydroxylation is 1. The van der Waals surface area contributed by atoms with Crippen LogP contribution in [0.1, 0.15) is 15.4 Å². The molecule has 1 aliphatic rings. The summed E-state index contributed by atoms with van der Waals surface area (Å²) in [7, 11) is -3.56. The van der Waals surface area contributed by atoms with Gasteiger partial charge < -0.3 is 4.90 Å². The Hall–Kier alpha value is -2.88. The second kappa shape index (κ2) is 9.94. The number of thiazole rings is 1. The molecule has 1 aromatic heterocycles. The van der Waals surface area contributed by atoms with Gasteiger partial charge in [0.05, 0.1) is 17.1 Å². The van der Waals surface area contributed by atoms with Gasteiger partial charge in [0, 0.05) is 42.0 Å². The molecule has 2 aromatic carbocycles. The molecule has 1 aliphatic heterocycles. The molecule has 0 spiro atoms. The maximum atomic E-state index is 13.3. The van der Waals surface area contributed by atoms with Crippen LogP contribution in [-0.2, 0) is 21.2 Å². The molecule has 0 unspecified atom stereocenters. The number of piperazine rings is 1. The first kappa shape index (κ1) is 23.3. The van der Waals surface area contributed by atoms with E-state index in [4.69, 9.17) is 0 Å². The minimum Gasteiger partial charge on any atom is -0.340 e. The molecule has 0 atom stereocenters. The van der Waals surface area contributed by atoms with E-state index in [0.29, 0.717) is 18.8 Å². The fraction of sp³-hybridized carbons (Fsp3) is 0.250. The maximum Gasteiger partial charge on any atom is 0.236 e. The van der Waals surface area contributed by atoms with E-state index in [9.17, 15) is 17.6 Å². The van der Waals surface area contributed by atoms with E-state index in [1.54, 1.807) is 23.1 Å². The number of carbonyl (C=O) groups excluding carboxylic acids is 1. The van der Waals surface area contributed by atoms with Gasteiger partial charge in [-0.25, -0.2) is 17.8 Å². The lowest BCUT2D eigenvalue weighted by Gasteiger charge is -2.33. The molecule has 33 heavy (non-hydrogen) atoms. The van der Waals surface area contributed by atoms with Crippen molar-refractivity contribution >= 4 is 33.3 Å². The summed E-state index contributed by atoms with van der Waals surface area (Å²) in [5, 5.41) is 2.05. The van der Waals surface area contributed by atoms with Crippen LogP contribution in [-0.4, -0.2) is 54.7 Å². The SMILES string of the molecule is Cc1nc(-c2ccc(F)cc2)c(CC(=O)N2CCN(S(=O)(=O)C=Cc3ccccc3)CC2)s1. The monoisotopic (exact) mass is 485 g/mol. The van der Waals surface area contributed by atoms with E-state index in [2.05, 4.69) is 4.98 Å². The van der Waals surface area contributed by atoms with E-state index in [-0.39, 0.29) is 31.2 Å². The van der Waals surface area contributed by atoms with Gasteiger partial charge in [-0.15, -0.1) is 11.3 Å². The number of sulfonamides is 1. The number of hydrogen-bond acceptors (Lipinski definition) is 5. The van der Waals surface area contributed by atoms with Crippen LogP contribution in [0.25, 0.3) is 17.3 Å². The molecule has 3 aromatic rings. The maximum absolute atomic E-state index is 13.3. The minimum absolute atomic E-state index is 0.0705. The van der Waals surface area contributed by atoms with Crippen molar-refractivity contribution < 1.29 is 17.6 Å². The van der Waals surface area contributed by atoms with Crippen molar-refractivity contribution in [3.05, 3.63) is 81.3 Å². The Bertz CT molecular complexity index is 1250. The predicted octanol–water partition coefficient (Wildman–Crippen LogP) is 3.95. The lowest BCUT2D eigenvalue weighted by atomic mass is 10.1. The normalized spacial score (nSPS) is 15.3. The number of benzene rings is 2. The molecule has 4 rings (SSSR count). The van der Waals surface area contributed by atoms with Crippen LogP contribution in [0, 0.1) is 12.7 Å². The second-order valence-electron chi connectivity index (χ2n) is 7.73. The van der Waals surface area contributed by atoms with Crippen molar-refractivity contribution in [2.75, 3.05) is 26.2 Å². The van der Waals surface area contributed by atoms with Gasteiger partial charge in [-0.05, 0) is 42.8 Å². The molecule has 9 heteroatoms. The number of halogens is 1. The number of aromatic nitrogens is 1. The summed E-state index contributed by atoms with van der Waals surface area (Å²) in [4.78, 5) is 20.0. The molecule has 0 aliphatic carbocycles. The first-order chi connectivity index (χ1) is 15.8. The van der Waals surface area contributed by atoms with Crippen LogP contribution < -0.4 is 0 Å². The van der Waals surface area contributed by atoms with Crippen molar-refractivity contribution in [2.45, 2.75) is 13.3 Å². The summed E-state index contributed by atoms with van der Waals surface area (Å²) in [6, 6.07) is 15.3. The Balaban J connectivity index is 1.38. The minimum atomic E-state index is -3.56. The van der Waals surface area contributed by atoms with Crippen molar-refractivity contribution in [2.24, 2.45) is 0 Å². The van der Waals surface area contributed by atoms with E-state index in [1.807, 2.05) is 37.3 Å². The van der Waals surface area contributed by atoms with E-state index in [1.165, 1.54) is 33.2 Å². The molecule has 6 nitrogen and oxygen atoms in total. The van der Waals surface area contributed by atoms with Gasteiger partial charge in [0.15, 0.2) is 0 Å². The smallest absolute Gasteiger partial charge is 0.236 e. The van der Waals surface area contributed by atoms with Crippen LogP contribution in [0.5, 0.6) is 0 Å². The van der Waals surface area contributed by atoms with Crippen molar-refractivity contribution in [3.63, 3.8) is 0 Å². The molecule has 1 saturated heterocycles. The third-order valence-electron chi connectivity index (χ3n) is 5.42. The zero-order valence-electron chi connectivity index (χ0n) is 18.1. The standard InChI is InChI=1S/C24H24FN3O3S2/c1-18-26-24(20-7-9-21(25)10-8-20)22(32-18)17-23(29)27-12-14-28(15-13-27)33(30,31)16-11-19-5-3-2-4-6-19/h2-11,16H,12-15,17H2,1H3.